The number of pyridine rings is 1. The second-order valence-electron chi connectivity index (χ2n) is 7.42. The van der Waals surface area contributed by atoms with Gasteiger partial charge in [0, 0.05) is 30.9 Å². The minimum absolute atomic E-state index is 0.0308. The van der Waals surface area contributed by atoms with Crippen molar-refractivity contribution in [3.63, 3.8) is 0 Å². The average molecular weight is 382 g/mol. The minimum Gasteiger partial charge on any atom is -0.476 e. The third kappa shape index (κ3) is 4.25. The van der Waals surface area contributed by atoms with E-state index in [4.69, 9.17) is 4.74 Å². The van der Waals surface area contributed by atoms with Gasteiger partial charge in [0.05, 0.1) is 23.0 Å². The maximum Gasteiger partial charge on any atom is 0.257 e. The molecule has 1 amide bonds. The van der Waals surface area contributed by atoms with Crippen LogP contribution in [0.25, 0.3) is 0 Å². The van der Waals surface area contributed by atoms with Gasteiger partial charge in [-0.2, -0.15) is 0 Å². The van der Waals surface area contributed by atoms with Crippen LogP contribution in [-0.4, -0.2) is 52.8 Å². The highest BCUT2D eigenvalue weighted by molar-refractivity contribution is 6.13. The lowest BCUT2D eigenvalue weighted by atomic mass is 9.93. The third-order valence-electron chi connectivity index (χ3n) is 5.42. The Bertz CT molecular complexity index is 838. The van der Waals surface area contributed by atoms with E-state index >= 15 is 0 Å². The summed E-state index contributed by atoms with van der Waals surface area (Å²) in [7, 11) is 0. The average Bonchev–Trinajstić information content (AvgIpc) is 3.16. The lowest BCUT2D eigenvalue weighted by molar-refractivity contribution is 0.0956. The van der Waals surface area contributed by atoms with E-state index < -0.39 is 0 Å². The zero-order valence-corrected chi connectivity index (χ0v) is 16.0. The number of ether oxygens (including phenoxy) is 1. The molecule has 7 nitrogen and oxygen atoms in total. The minimum atomic E-state index is -0.298. The molecule has 0 atom stereocenters. The highest BCUT2D eigenvalue weighted by Gasteiger charge is 2.25. The second-order valence-corrected chi connectivity index (χ2v) is 7.42. The van der Waals surface area contributed by atoms with Crippen molar-refractivity contribution in [3.8, 4) is 5.88 Å². The molecule has 0 aromatic carbocycles. The van der Waals surface area contributed by atoms with Crippen molar-refractivity contribution in [1.29, 1.82) is 0 Å². The molecule has 1 aliphatic carbocycles. The van der Waals surface area contributed by atoms with Crippen molar-refractivity contribution < 1.29 is 14.3 Å². The summed E-state index contributed by atoms with van der Waals surface area (Å²) in [4.78, 5) is 34.5. The molecule has 0 saturated carbocycles. The molecule has 1 aliphatic heterocycles. The van der Waals surface area contributed by atoms with Crippen LogP contribution in [0.15, 0.2) is 24.5 Å². The third-order valence-corrected chi connectivity index (χ3v) is 5.42. The molecule has 7 heteroatoms. The summed E-state index contributed by atoms with van der Waals surface area (Å²) in [6, 6.07) is 3.52. The van der Waals surface area contributed by atoms with Gasteiger partial charge in [0.25, 0.3) is 5.91 Å². The molecular formula is C21H26N4O3. The Labute approximate surface area is 164 Å². The number of piperidine rings is 1. The zero-order chi connectivity index (χ0) is 19.3. The molecule has 1 saturated heterocycles. The van der Waals surface area contributed by atoms with E-state index in [2.05, 4.69) is 20.2 Å². The monoisotopic (exact) mass is 382 g/mol. The Morgan fingerprint density at radius 2 is 2.04 bits per heavy atom. The Hall–Kier alpha value is -2.67. The molecule has 1 fully saturated rings. The smallest absolute Gasteiger partial charge is 0.257 e. The van der Waals surface area contributed by atoms with Crippen molar-refractivity contribution in [2.75, 3.05) is 31.6 Å². The van der Waals surface area contributed by atoms with Crippen LogP contribution in [-0.2, 0) is 6.42 Å². The number of nitrogens with zero attached hydrogens (tertiary/aromatic N) is 2. The molecule has 2 aromatic heterocycles. The Morgan fingerprint density at radius 3 is 2.82 bits per heavy atom. The number of hydrogen-bond acceptors (Lipinski definition) is 5. The van der Waals surface area contributed by atoms with E-state index in [9.17, 15) is 9.59 Å². The van der Waals surface area contributed by atoms with Crippen molar-refractivity contribution >= 4 is 17.4 Å². The molecule has 0 bridgehead atoms. The van der Waals surface area contributed by atoms with Crippen LogP contribution in [0.5, 0.6) is 5.88 Å². The number of aryl methyl sites for hydroxylation is 1. The maximum atomic E-state index is 12.6. The molecule has 0 spiro atoms. The van der Waals surface area contributed by atoms with Gasteiger partial charge in [-0.1, -0.05) is 6.42 Å². The SMILES string of the molecule is O=C(Nc1ccc(OCCN2CCCCC2)nc1)c1c[nH]c2c1C(=O)CCC2. The molecule has 0 radical (unpaired) electrons. The van der Waals surface area contributed by atoms with Gasteiger partial charge in [0.1, 0.15) is 6.61 Å². The van der Waals surface area contributed by atoms with Gasteiger partial charge >= 0.3 is 0 Å². The van der Waals surface area contributed by atoms with Crippen LogP contribution in [0.1, 0.15) is 58.5 Å². The van der Waals surface area contributed by atoms with Gasteiger partial charge in [0.2, 0.25) is 5.88 Å². The standard InChI is InChI=1S/C21H26N4O3/c26-18-6-4-5-17-20(18)16(14-22-17)21(27)24-15-7-8-19(23-13-15)28-12-11-25-9-2-1-3-10-25/h7-8,13-14,22H,1-6,9-12H2,(H,24,27). The predicted molar refractivity (Wildman–Crippen MR) is 106 cm³/mol. The summed E-state index contributed by atoms with van der Waals surface area (Å²) in [5.74, 6) is 0.278. The number of H-pyrrole nitrogens is 1. The number of nitrogens with one attached hydrogen (secondary N) is 2. The fourth-order valence-corrected chi connectivity index (χ4v) is 3.91. The molecule has 2 aromatic rings. The Kier molecular flexibility index (Phi) is 5.71. The van der Waals surface area contributed by atoms with Gasteiger partial charge in [-0.05, 0) is 44.8 Å². The van der Waals surface area contributed by atoms with E-state index in [-0.39, 0.29) is 11.7 Å². The molecule has 2 aliphatic rings. The van der Waals surface area contributed by atoms with Crippen LogP contribution in [0.4, 0.5) is 5.69 Å². The molecular weight excluding hydrogens is 356 g/mol. The molecule has 148 valence electrons. The van der Waals surface area contributed by atoms with E-state index in [1.54, 1.807) is 24.5 Å². The largest absolute Gasteiger partial charge is 0.476 e. The summed E-state index contributed by atoms with van der Waals surface area (Å²) in [6.45, 7) is 3.81. The summed E-state index contributed by atoms with van der Waals surface area (Å²) in [5, 5.41) is 2.81. The number of carbonyl (C=O) groups excluding carboxylic acids is 2. The predicted octanol–water partition coefficient (Wildman–Crippen LogP) is 3.05. The summed E-state index contributed by atoms with van der Waals surface area (Å²) in [6.07, 6.45) is 9.19. The van der Waals surface area contributed by atoms with Crippen LogP contribution in [0, 0.1) is 0 Å². The van der Waals surface area contributed by atoms with E-state index in [0.717, 1.165) is 38.2 Å². The quantitative estimate of drug-likeness (QED) is 0.802. The van der Waals surface area contributed by atoms with Crippen LogP contribution in [0.2, 0.25) is 0 Å². The Balaban J connectivity index is 1.31. The number of aromatic nitrogens is 2. The van der Waals surface area contributed by atoms with Crippen molar-refractivity contribution in [2.45, 2.75) is 38.5 Å². The molecule has 2 N–H and O–H groups in total. The van der Waals surface area contributed by atoms with Gasteiger partial charge < -0.3 is 15.0 Å². The van der Waals surface area contributed by atoms with Crippen molar-refractivity contribution in [2.24, 2.45) is 0 Å². The fraction of sp³-hybridized carbons (Fsp3) is 0.476. The molecule has 28 heavy (non-hydrogen) atoms. The number of carbonyl (C=O) groups is 2. The number of fused-ring (bicyclic) bond motifs is 1. The van der Waals surface area contributed by atoms with Gasteiger partial charge in [0.15, 0.2) is 5.78 Å². The van der Waals surface area contributed by atoms with Crippen LogP contribution < -0.4 is 10.1 Å². The lowest BCUT2D eigenvalue weighted by Crippen LogP contribution is -2.33. The molecule has 4 rings (SSSR count). The van der Waals surface area contributed by atoms with Crippen molar-refractivity contribution in [1.82, 2.24) is 14.9 Å². The number of ketones is 1. The topological polar surface area (TPSA) is 87.3 Å². The lowest BCUT2D eigenvalue weighted by Gasteiger charge is -2.26. The van der Waals surface area contributed by atoms with Gasteiger partial charge in [-0.15, -0.1) is 0 Å². The fourth-order valence-electron chi connectivity index (χ4n) is 3.91. The molecule has 3 heterocycles. The normalized spacial score (nSPS) is 17.2. The maximum absolute atomic E-state index is 12.6. The number of rotatable bonds is 6. The molecule has 0 unspecified atom stereocenters. The van der Waals surface area contributed by atoms with Gasteiger partial charge in [-0.3, -0.25) is 14.5 Å². The summed E-state index contributed by atoms with van der Waals surface area (Å²) in [5.41, 5.74) is 2.37. The first-order chi connectivity index (χ1) is 13.7. The number of Topliss-reactive ketones (excluding diaryl/α,β-unsaturated/α-hetero) is 1. The number of likely N-dealkylation sites (tertiary alicyclic amines) is 1. The first-order valence-corrected chi connectivity index (χ1v) is 10.1. The summed E-state index contributed by atoms with van der Waals surface area (Å²) >= 11 is 0. The van der Waals surface area contributed by atoms with E-state index in [0.29, 0.717) is 35.7 Å². The van der Waals surface area contributed by atoms with Crippen LogP contribution >= 0.6 is 0 Å². The second kappa shape index (κ2) is 8.56. The van der Waals surface area contributed by atoms with E-state index in [1.165, 1.54) is 19.3 Å². The number of amides is 1. The Morgan fingerprint density at radius 1 is 1.18 bits per heavy atom. The first-order valence-electron chi connectivity index (χ1n) is 10.1. The summed E-state index contributed by atoms with van der Waals surface area (Å²) < 4.78 is 5.71. The number of anilines is 1. The van der Waals surface area contributed by atoms with Crippen LogP contribution in [0.3, 0.4) is 0 Å². The highest BCUT2D eigenvalue weighted by Crippen LogP contribution is 2.25. The zero-order valence-electron chi connectivity index (χ0n) is 16.0. The highest BCUT2D eigenvalue weighted by atomic mass is 16.5. The first kappa shape index (κ1) is 18.7. The van der Waals surface area contributed by atoms with Crippen molar-refractivity contribution in [3.05, 3.63) is 41.3 Å². The number of hydrogen-bond donors (Lipinski definition) is 2. The van der Waals surface area contributed by atoms with Gasteiger partial charge in [-0.25, -0.2) is 4.98 Å². The van der Waals surface area contributed by atoms with E-state index in [1.807, 2.05) is 0 Å². The number of aromatic amines is 1.